The molecular formula is C6H9NO. The molecule has 2 heteroatoms. The number of carbonyl (C=O) groups excluding carboxylic acids is 1. The van der Waals surface area contributed by atoms with Crippen molar-refractivity contribution in [3.63, 3.8) is 0 Å². The summed E-state index contributed by atoms with van der Waals surface area (Å²) >= 11 is 0. The van der Waals surface area contributed by atoms with Crippen LogP contribution in [0.15, 0.2) is 12.2 Å². The Kier molecular flexibility index (Phi) is 1.44. The Labute approximate surface area is 48.6 Å². The van der Waals surface area contributed by atoms with Gasteiger partial charge in [-0.3, -0.25) is 0 Å². The molecule has 1 fully saturated rings. The van der Waals surface area contributed by atoms with Gasteiger partial charge in [0, 0.05) is 6.54 Å². The van der Waals surface area contributed by atoms with Crippen molar-refractivity contribution in [2.75, 3.05) is 6.54 Å². The van der Waals surface area contributed by atoms with E-state index in [1.54, 1.807) is 0 Å². The molecule has 0 bridgehead atoms. The average molecular weight is 111 g/mol. The van der Waals surface area contributed by atoms with E-state index in [-0.39, 0.29) is 6.04 Å². The van der Waals surface area contributed by atoms with Crippen molar-refractivity contribution in [3.05, 3.63) is 12.2 Å². The molecular weight excluding hydrogens is 102 g/mol. The second-order valence-electron chi connectivity index (χ2n) is 2.08. The van der Waals surface area contributed by atoms with Gasteiger partial charge in [-0.25, -0.2) is 0 Å². The average Bonchev–Trinajstić information content (AvgIpc) is 2.14. The lowest BCUT2D eigenvalue weighted by atomic mass is 10.2. The summed E-state index contributed by atoms with van der Waals surface area (Å²) < 4.78 is 0. The molecule has 8 heavy (non-hydrogen) atoms. The zero-order valence-electron chi connectivity index (χ0n) is 4.68. The molecule has 1 rings (SSSR count). The van der Waals surface area contributed by atoms with Crippen molar-refractivity contribution in [2.24, 2.45) is 0 Å². The molecule has 0 radical (unpaired) electrons. The lowest BCUT2D eigenvalue weighted by Gasteiger charge is -1.93. The van der Waals surface area contributed by atoms with Crippen LogP contribution in [0.2, 0.25) is 0 Å². The van der Waals surface area contributed by atoms with Crippen LogP contribution >= 0.6 is 0 Å². The molecule has 1 atom stereocenters. The van der Waals surface area contributed by atoms with Crippen LogP contribution in [-0.2, 0) is 4.79 Å². The minimum atomic E-state index is 0.0440. The molecule has 1 saturated heterocycles. The molecule has 1 aliphatic rings. The molecule has 1 aliphatic heterocycles. The molecule has 0 aromatic heterocycles. The third kappa shape index (κ3) is 0.954. The van der Waals surface area contributed by atoms with Gasteiger partial charge in [0.15, 0.2) is 0 Å². The molecule has 0 amide bonds. The van der Waals surface area contributed by atoms with Gasteiger partial charge in [0.2, 0.25) is 0 Å². The Balaban J connectivity index is 2.43. The summed E-state index contributed by atoms with van der Waals surface area (Å²) in [5, 5.41) is 2.99. The van der Waals surface area contributed by atoms with Crippen LogP contribution in [0, 0.1) is 0 Å². The molecule has 0 aromatic carbocycles. The number of hydrogen-bond acceptors (Lipinski definition) is 2. The fourth-order valence-corrected chi connectivity index (χ4v) is 0.827. The Morgan fingerprint density at radius 1 is 1.88 bits per heavy atom. The lowest BCUT2D eigenvalue weighted by molar-refractivity contribution is -0.109. The molecule has 0 aliphatic carbocycles. The highest BCUT2D eigenvalue weighted by molar-refractivity contribution is 5.59. The number of rotatable bonds is 1. The largest absolute Gasteiger partial charge is 0.304 e. The van der Waals surface area contributed by atoms with Crippen LogP contribution in [0.3, 0.4) is 0 Å². The third-order valence-corrected chi connectivity index (χ3v) is 1.29. The van der Waals surface area contributed by atoms with Crippen LogP contribution in [-0.4, -0.2) is 18.9 Å². The zero-order chi connectivity index (χ0) is 5.98. The van der Waals surface area contributed by atoms with Gasteiger partial charge in [-0.1, -0.05) is 12.2 Å². The van der Waals surface area contributed by atoms with E-state index in [2.05, 4.69) is 11.9 Å². The van der Waals surface area contributed by atoms with E-state index in [4.69, 9.17) is 0 Å². The van der Waals surface area contributed by atoms with Crippen molar-refractivity contribution >= 4 is 6.29 Å². The molecule has 1 N–H and O–H groups in total. The quantitative estimate of drug-likeness (QED) is 0.384. The maximum Gasteiger partial charge on any atom is 0.137 e. The standard InChI is InChI=1S/C6H9NO/c1-5-2-6(4-8)7-3-5/h4,6-7H,1-3H2. The van der Waals surface area contributed by atoms with Gasteiger partial charge in [0.25, 0.3) is 0 Å². The van der Waals surface area contributed by atoms with E-state index in [0.717, 1.165) is 24.8 Å². The fraction of sp³-hybridized carbons (Fsp3) is 0.500. The number of aldehydes is 1. The maximum absolute atomic E-state index is 10.0. The monoisotopic (exact) mass is 111 g/mol. The van der Waals surface area contributed by atoms with Gasteiger partial charge in [0.1, 0.15) is 6.29 Å². The van der Waals surface area contributed by atoms with Crippen molar-refractivity contribution in [3.8, 4) is 0 Å². The smallest absolute Gasteiger partial charge is 0.137 e. The minimum absolute atomic E-state index is 0.0440. The van der Waals surface area contributed by atoms with Crippen molar-refractivity contribution in [1.29, 1.82) is 0 Å². The molecule has 0 spiro atoms. The van der Waals surface area contributed by atoms with E-state index in [1.165, 1.54) is 0 Å². The molecule has 2 nitrogen and oxygen atoms in total. The zero-order valence-corrected chi connectivity index (χ0v) is 4.68. The van der Waals surface area contributed by atoms with Crippen LogP contribution in [0.5, 0.6) is 0 Å². The summed E-state index contributed by atoms with van der Waals surface area (Å²) in [5.41, 5.74) is 1.13. The fourth-order valence-electron chi connectivity index (χ4n) is 0.827. The first-order valence-corrected chi connectivity index (χ1v) is 2.68. The van der Waals surface area contributed by atoms with Gasteiger partial charge in [-0.2, -0.15) is 0 Å². The number of hydrogen-bond donors (Lipinski definition) is 1. The third-order valence-electron chi connectivity index (χ3n) is 1.29. The van der Waals surface area contributed by atoms with Gasteiger partial charge < -0.3 is 10.1 Å². The van der Waals surface area contributed by atoms with Gasteiger partial charge in [-0.05, 0) is 6.42 Å². The second kappa shape index (κ2) is 2.09. The summed E-state index contributed by atoms with van der Waals surface area (Å²) in [5.74, 6) is 0. The Morgan fingerprint density at radius 2 is 2.62 bits per heavy atom. The number of nitrogens with one attached hydrogen (secondary N) is 1. The predicted octanol–water partition coefficient (Wildman–Crippen LogP) is 0.103. The summed E-state index contributed by atoms with van der Waals surface area (Å²) in [6, 6.07) is 0.0440. The van der Waals surface area contributed by atoms with Gasteiger partial charge >= 0.3 is 0 Å². The topological polar surface area (TPSA) is 29.1 Å². The van der Waals surface area contributed by atoms with Crippen LogP contribution in [0.1, 0.15) is 6.42 Å². The van der Waals surface area contributed by atoms with Gasteiger partial charge in [0.05, 0.1) is 6.04 Å². The Morgan fingerprint density at radius 3 is 2.88 bits per heavy atom. The summed E-state index contributed by atoms with van der Waals surface area (Å²) in [6.45, 7) is 4.54. The maximum atomic E-state index is 10.0. The molecule has 1 unspecified atom stereocenters. The van der Waals surface area contributed by atoms with E-state index in [9.17, 15) is 4.79 Å². The molecule has 1 heterocycles. The van der Waals surface area contributed by atoms with Crippen molar-refractivity contribution in [2.45, 2.75) is 12.5 Å². The van der Waals surface area contributed by atoms with Gasteiger partial charge in [-0.15, -0.1) is 0 Å². The minimum Gasteiger partial charge on any atom is -0.304 e. The SMILES string of the molecule is C=C1CNC(C=O)C1. The summed E-state index contributed by atoms with van der Waals surface area (Å²) in [7, 11) is 0. The van der Waals surface area contributed by atoms with Crippen LogP contribution in [0.4, 0.5) is 0 Å². The summed E-state index contributed by atoms with van der Waals surface area (Å²) in [6.07, 6.45) is 1.75. The lowest BCUT2D eigenvalue weighted by Crippen LogP contribution is -2.21. The summed E-state index contributed by atoms with van der Waals surface area (Å²) in [4.78, 5) is 10.0. The highest BCUT2D eigenvalue weighted by Crippen LogP contribution is 2.07. The Bertz CT molecular complexity index is 120. The first-order valence-electron chi connectivity index (χ1n) is 2.68. The first-order chi connectivity index (χ1) is 3.83. The normalized spacial score (nSPS) is 28.5. The van der Waals surface area contributed by atoms with Crippen molar-refractivity contribution in [1.82, 2.24) is 5.32 Å². The highest BCUT2D eigenvalue weighted by atomic mass is 16.1. The number of carbonyl (C=O) groups is 1. The molecule has 0 aromatic rings. The molecule has 0 saturated carbocycles. The predicted molar refractivity (Wildman–Crippen MR) is 31.6 cm³/mol. The molecule has 44 valence electrons. The van der Waals surface area contributed by atoms with E-state index >= 15 is 0 Å². The van der Waals surface area contributed by atoms with Crippen molar-refractivity contribution < 1.29 is 4.79 Å². The second-order valence-corrected chi connectivity index (χ2v) is 2.08. The van der Waals surface area contributed by atoms with Crippen LogP contribution in [0.25, 0.3) is 0 Å². The Hall–Kier alpha value is -0.630. The van der Waals surface area contributed by atoms with E-state index in [1.807, 2.05) is 0 Å². The highest BCUT2D eigenvalue weighted by Gasteiger charge is 2.14. The van der Waals surface area contributed by atoms with E-state index in [0.29, 0.717) is 0 Å². The van der Waals surface area contributed by atoms with E-state index < -0.39 is 0 Å². The van der Waals surface area contributed by atoms with Crippen LogP contribution < -0.4 is 5.32 Å². The first kappa shape index (κ1) is 5.51.